The molecular formula is C20H11CuN5O2. The first-order chi connectivity index (χ1) is 13.1. The third kappa shape index (κ3) is 3.38. The van der Waals surface area contributed by atoms with Crippen molar-refractivity contribution >= 4 is 22.8 Å². The Kier molecular flexibility index (Phi) is 4.43. The standard InChI is InChI=1S/C20H11N5O2.Cu/c26-25(27)20-11-18-9-16-4-3-14(22-16)7-12-1-2-13(21-12)8-15-5-6-17(23-15)10-19(20)24-18;/h1-11H;. The van der Waals surface area contributed by atoms with Gasteiger partial charge in [-0.3, -0.25) is 10.1 Å². The van der Waals surface area contributed by atoms with E-state index >= 15 is 0 Å². The minimum absolute atomic E-state index is 0. The summed E-state index contributed by atoms with van der Waals surface area (Å²) in [5, 5.41) is 11.4. The van der Waals surface area contributed by atoms with Crippen molar-refractivity contribution in [3.05, 3.63) is 105 Å². The van der Waals surface area contributed by atoms with Gasteiger partial charge in [0.15, 0.2) is 0 Å². The summed E-state index contributed by atoms with van der Waals surface area (Å²) in [5.74, 6) is 0. The van der Waals surface area contributed by atoms with E-state index in [1.807, 2.05) is 42.5 Å². The van der Waals surface area contributed by atoms with Gasteiger partial charge in [0.25, 0.3) is 5.70 Å². The number of fused-ring (bicyclic) bond motifs is 4. The zero-order valence-electron chi connectivity index (χ0n) is 14.2. The van der Waals surface area contributed by atoms with E-state index in [-0.39, 0.29) is 28.5 Å². The first-order valence-corrected chi connectivity index (χ1v) is 8.25. The van der Waals surface area contributed by atoms with E-state index in [0.717, 1.165) is 22.8 Å². The van der Waals surface area contributed by atoms with Crippen molar-refractivity contribution in [3.63, 3.8) is 0 Å². The third-order valence-corrected chi connectivity index (χ3v) is 4.21. The number of hydrogen-bond acceptors (Lipinski definition) is 6. The van der Waals surface area contributed by atoms with Crippen molar-refractivity contribution in [2.75, 3.05) is 0 Å². The number of hydrogen-bond donors (Lipinski definition) is 0. The maximum atomic E-state index is 11.4. The first kappa shape index (κ1) is 17.9. The Bertz CT molecular complexity index is 1180. The molecule has 0 fully saturated rings. The van der Waals surface area contributed by atoms with Crippen LogP contribution in [0.4, 0.5) is 0 Å². The van der Waals surface area contributed by atoms with Gasteiger partial charge >= 0.3 is 0 Å². The molecule has 0 atom stereocenters. The molecule has 5 aliphatic heterocycles. The van der Waals surface area contributed by atoms with E-state index in [1.54, 1.807) is 18.2 Å². The summed E-state index contributed by atoms with van der Waals surface area (Å²) in [6, 6.07) is 0. The van der Waals surface area contributed by atoms with E-state index in [9.17, 15) is 10.1 Å². The maximum absolute atomic E-state index is 11.4. The number of nitrogens with zero attached hydrogens (tertiary/aromatic N) is 5. The van der Waals surface area contributed by atoms with Crippen LogP contribution in [0.25, 0.3) is 0 Å². The van der Waals surface area contributed by atoms with Gasteiger partial charge in [-0.05, 0) is 60.8 Å². The summed E-state index contributed by atoms with van der Waals surface area (Å²) >= 11 is 0. The van der Waals surface area contributed by atoms with E-state index in [1.165, 1.54) is 6.08 Å². The molecular weight excluding hydrogens is 406 g/mol. The monoisotopic (exact) mass is 416 g/mol. The Morgan fingerprint density at radius 1 is 0.607 bits per heavy atom. The summed E-state index contributed by atoms with van der Waals surface area (Å²) in [6.07, 6.45) is 19.7. The number of nitro groups is 1. The molecule has 0 N–H and O–H groups in total. The summed E-state index contributed by atoms with van der Waals surface area (Å²) in [5.41, 5.74) is 5.07. The van der Waals surface area contributed by atoms with Crippen LogP contribution in [0.3, 0.4) is 0 Å². The van der Waals surface area contributed by atoms with Crippen molar-refractivity contribution in [2.24, 2.45) is 20.0 Å². The molecule has 8 bridgehead atoms. The van der Waals surface area contributed by atoms with Gasteiger partial charge in [-0.2, -0.15) is 0 Å². The molecule has 0 aromatic heterocycles. The molecule has 7 nitrogen and oxygen atoms in total. The van der Waals surface area contributed by atoms with Crippen LogP contribution in [0.2, 0.25) is 0 Å². The molecule has 139 valence electrons. The molecule has 0 unspecified atom stereocenters. The van der Waals surface area contributed by atoms with Crippen molar-refractivity contribution in [3.8, 4) is 0 Å². The van der Waals surface area contributed by atoms with Gasteiger partial charge in [0.1, 0.15) is 5.70 Å². The molecule has 0 saturated carbocycles. The zero-order valence-corrected chi connectivity index (χ0v) is 15.1. The van der Waals surface area contributed by atoms with Crippen molar-refractivity contribution in [1.82, 2.24) is 0 Å². The van der Waals surface area contributed by atoms with Gasteiger partial charge in [0.05, 0.1) is 44.9 Å². The molecule has 0 aromatic carbocycles. The SMILES string of the molecule is O=[N+]([O-])C1=CC2=NC1=CC1=NC(=CC3=NC(=CC4=NC(=C2)C=C4)C=C3)C=C1.[Cu]. The van der Waals surface area contributed by atoms with Crippen LogP contribution in [0.15, 0.2) is 115 Å². The molecule has 5 heterocycles. The predicted octanol–water partition coefficient (Wildman–Crippen LogP) is 3.18. The fourth-order valence-corrected chi connectivity index (χ4v) is 3.03. The van der Waals surface area contributed by atoms with Crippen LogP contribution < -0.4 is 0 Å². The van der Waals surface area contributed by atoms with E-state index in [4.69, 9.17) is 0 Å². The van der Waals surface area contributed by atoms with E-state index < -0.39 is 4.92 Å². The number of aliphatic imine (C=N–C) groups is 4. The third-order valence-electron chi connectivity index (χ3n) is 4.21. The Hall–Kier alpha value is -3.48. The summed E-state index contributed by atoms with van der Waals surface area (Å²) < 4.78 is 0. The van der Waals surface area contributed by atoms with Crippen LogP contribution in [-0.2, 0) is 17.1 Å². The normalized spacial score (nSPS) is 20.9. The topological polar surface area (TPSA) is 92.6 Å². The van der Waals surface area contributed by atoms with Gasteiger partial charge in [-0.1, -0.05) is 0 Å². The zero-order chi connectivity index (χ0) is 18.4. The molecule has 28 heavy (non-hydrogen) atoms. The van der Waals surface area contributed by atoms with Gasteiger partial charge < -0.3 is 0 Å². The van der Waals surface area contributed by atoms with E-state index in [0.29, 0.717) is 17.1 Å². The Morgan fingerprint density at radius 2 is 1.07 bits per heavy atom. The van der Waals surface area contributed by atoms with Crippen LogP contribution in [0, 0.1) is 10.1 Å². The van der Waals surface area contributed by atoms with Gasteiger partial charge in [-0.25, -0.2) is 20.0 Å². The minimum atomic E-state index is -0.437. The maximum Gasteiger partial charge on any atom is 0.297 e. The Morgan fingerprint density at radius 3 is 1.57 bits per heavy atom. The molecule has 5 rings (SSSR count). The average Bonchev–Trinajstić information content (AvgIpc) is 3.38. The second-order valence-corrected chi connectivity index (χ2v) is 6.17. The largest absolute Gasteiger partial charge is 0.297 e. The van der Waals surface area contributed by atoms with Crippen LogP contribution in [0.5, 0.6) is 0 Å². The Labute approximate surface area is 170 Å². The quantitative estimate of drug-likeness (QED) is 0.373. The predicted molar refractivity (Wildman–Crippen MR) is 105 cm³/mol. The molecule has 0 aliphatic carbocycles. The number of rotatable bonds is 1. The van der Waals surface area contributed by atoms with E-state index in [2.05, 4.69) is 20.0 Å². The molecule has 5 aliphatic rings. The average molecular weight is 417 g/mol. The fourth-order valence-electron chi connectivity index (χ4n) is 3.03. The van der Waals surface area contributed by atoms with Crippen molar-refractivity contribution in [2.45, 2.75) is 0 Å². The van der Waals surface area contributed by atoms with Crippen LogP contribution >= 0.6 is 0 Å². The second-order valence-electron chi connectivity index (χ2n) is 6.17. The molecule has 0 amide bonds. The summed E-state index contributed by atoms with van der Waals surface area (Å²) in [6.45, 7) is 0. The van der Waals surface area contributed by atoms with Crippen LogP contribution in [0.1, 0.15) is 0 Å². The fraction of sp³-hybridized carbons (Fsp3) is 0. The minimum Gasteiger partial charge on any atom is -0.258 e. The smallest absolute Gasteiger partial charge is 0.258 e. The number of allylic oxidation sites excluding steroid dienone is 11. The molecule has 0 spiro atoms. The molecule has 1 radical (unpaired) electrons. The summed E-state index contributed by atoms with van der Waals surface area (Å²) in [4.78, 5) is 28.8. The van der Waals surface area contributed by atoms with Crippen molar-refractivity contribution in [1.29, 1.82) is 0 Å². The summed E-state index contributed by atoms with van der Waals surface area (Å²) in [7, 11) is 0. The van der Waals surface area contributed by atoms with Crippen molar-refractivity contribution < 1.29 is 22.0 Å². The van der Waals surface area contributed by atoms with Gasteiger partial charge in [-0.15, -0.1) is 0 Å². The van der Waals surface area contributed by atoms with Crippen LogP contribution in [-0.4, -0.2) is 27.8 Å². The second kappa shape index (κ2) is 6.92. The Balaban J connectivity index is 0.00000192. The van der Waals surface area contributed by atoms with Gasteiger partial charge in [0.2, 0.25) is 0 Å². The first-order valence-electron chi connectivity index (χ1n) is 8.25. The molecule has 0 aromatic rings. The molecule has 8 heteroatoms. The van der Waals surface area contributed by atoms with Gasteiger partial charge in [0, 0.05) is 23.1 Å². The molecule has 0 saturated heterocycles.